The maximum Gasteiger partial charge on any atom is 0.416 e. The van der Waals surface area contributed by atoms with Gasteiger partial charge in [0.15, 0.2) is 11.5 Å². The van der Waals surface area contributed by atoms with Crippen LogP contribution in [-0.4, -0.2) is 32.6 Å². The summed E-state index contributed by atoms with van der Waals surface area (Å²) in [5.74, 6) is 0.350. The van der Waals surface area contributed by atoms with Gasteiger partial charge in [-0.25, -0.2) is 9.97 Å². The van der Waals surface area contributed by atoms with Gasteiger partial charge < -0.3 is 10.4 Å². The van der Waals surface area contributed by atoms with Crippen LogP contribution in [0, 0.1) is 0 Å². The van der Waals surface area contributed by atoms with E-state index < -0.39 is 11.7 Å². The molecule has 10 heteroatoms. The number of hydrogen-bond donors (Lipinski definition) is 2. The first-order chi connectivity index (χ1) is 13.4. The average Bonchev–Trinajstić information content (AvgIpc) is 3.27. The van der Waals surface area contributed by atoms with Gasteiger partial charge in [0.05, 0.1) is 34.7 Å². The second-order valence-corrected chi connectivity index (χ2v) is 6.51. The van der Waals surface area contributed by atoms with Crippen LogP contribution in [0.1, 0.15) is 30.6 Å². The molecule has 1 aliphatic heterocycles. The first kappa shape index (κ1) is 18.4. The largest absolute Gasteiger partial charge is 0.416 e. The number of anilines is 1. The fourth-order valence-electron chi connectivity index (χ4n) is 3.18. The molecule has 0 radical (unpaired) electrons. The van der Waals surface area contributed by atoms with E-state index in [2.05, 4.69) is 25.5 Å². The van der Waals surface area contributed by atoms with Crippen molar-refractivity contribution in [3.8, 4) is 0 Å². The number of aliphatic hydroxyl groups is 1. The van der Waals surface area contributed by atoms with Gasteiger partial charge in [0.25, 0.3) is 0 Å². The fraction of sp³-hybridized carbons (Fsp3) is 0.333. The molecule has 1 aromatic carbocycles. The zero-order valence-electron chi connectivity index (χ0n) is 14.9. The third-order valence-electron chi connectivity index (χ3n) is 4.56. The molecule has 3 aromatic rings. The second kappa shape index (κ2) is 6.86. The molecule has 0 aliphatic carbocycles. The number of aromatic nitrogens is 3. The Bertz CT molecular complexity index is 1100. The molecular weight excluding hydrogens is 373 g/mol. The monoisotopic (exact) mass is 390 g/mol. The van der Waals surface area contributed by atoms with E-state index in [4.69, 9.17) is 5.11 Å². The van der Waals surface area contributed by atoms with Crippen LogP contribution in [-0.2, 0) is 6.18 Å². The number of benzene rings is 1. The predicted molar refractivity (Wildman–Crippen MR) is 97.0 cm³/mol. The molecule has 1 unspecified atom stereocenters. The number of fused-ring (bicyclic) bond motifs is 3. The molecule has 0 spiro atoms. The molecule has 28 heavy (non-hydrogen) atoms. The Morgan fingerprint density at radius 1 is 1.29 bits per heavy atom. The highest BCUT2D eigenvalue weighted by Crippen LogP contribution is 2.35. The van der Waals surface area contributed by atoms with E-state index in [0.717, 1.165) is 17.7 Å². The van der Waals surface area contributed by atoms with E-state index in [0.29, 0.717) is 35.6 Å². The van der Waals surface area contributed by atoms with E-state index in [1.807, 2.05) is 6.92 Å². The minimum Gasteiger partial charge on any atom is -0.396 e. The number of azo groups is 1. The summed E-state index contributed by atoms with van der Waals surface area (Å²) < 4.78 is 41.3. The number of rotatable bonds is 5. The van der Waals surface area contributed by atoms with Crippen molar-refractivity contribution >= 4 is 22.5 Å². The lowest BCUT2D eigenvalue weighted by Crippen LogP contribution is -2.10. The van der Waals surface area contributed by atoms with E-state index >= 15 is 0 Å². The number of nitrogens with zero attached hydrogens (tertiary/aromatic N) is 5. The summed E-state index contributed by atoms with van der Waals surface area (Å²) in [6.45, 7) is 2.28. The number of aliphatic hydroxyl groups excluding tert-OH is 1. The molecule has 3 heterocycles. The van der Waals surface area contributed by atoms with Gasteiger partial charge >= 0.3 is 6.18 Å². The number of nitrogens with one attached hydrogen (secondary N) is 1. The lowest BCUT2D eigenvalue weighted by atomic mass is 10.1. The molecule has 2 aromatic heterocycles. The highest BCUT2D eigenvalue weighted by atomic mass is 19.4. The van der Waals surface area contributed by atoms with Gasteiger partial charge in [-0.15, -0.1) is 0 Å². The summed E-state index contributed by atoms with van der Waals surface area (Å²) in [7, 11) is 0. The van der Waals surface area contributed by atoms with Crippen LogP contribution in [0.3, 0.4) is 0 Å². The third-order valence-corrected chi connectivity index (χ3v) is 4.56. The van der Waals surface area contributed by atoms with Crippen LogP contribution in [0.5, 0.6) is 0 Å². The second-order valence-electron chi connectivity index (χ2n) is 6.51. The highest BCUT2D eigenvalue weighted by Gasteiger charge is 2.31. The third kappa shape index (κ3) is 3.09. The number of alkyl halides is 3. The van der Waals surface area contributed by atoms with Crippen LogP contribution in [0.25, 0.3) is 16.7 Å². The lowest BCUT2D eigenvalue weighted by molar-refractivity contribution is -0.137. The quantitative estimate of drug-likeness (QED) is 0.642. The summed E-state index contributed by atoms with van der Waals surface area (Å²) in [4.78, 5) is 8.79. The molecule has 1 atom stereocenters. The Kier molecular flexibility index (Phi) is 4.50. The van der Waals surface area contributed by atoms with Gasteiger partial charge in [-0.2, -0.15) is 23.4 Å². The number of imidazole rings is 1. The molecule has 4 rings (SSSR count). The van der Waals surface area contributed by atoms with Gasteiger partial charge in [0.2, 0.25) is 0 Å². The van der Waals surface area contributed by atoms with Crippen molar-refractivity contribution in [2.24, 2.45) is 10.2 Å². The molecule has 0 saturated carbocycles. The van der Waals surface area contributed by atoms with E-state index in [9.17, 15) is 13.2 Å². The van der Waals surface area contributed by atoms with Crippen molar-refractivity contribution in [2.45, 2.75) is 25.6 Å². The van der Waals surface area contributed by atoms with Crippen molar-refractivity contribution in [3.63, 3.8) is 0 Å². The number of halogens is 3. The summed E-state index contributed by atoms with van der Waals surface area (Å²) in [6.07, 6.45) is -0.708. The van der Waals surface area contributed by atoms with Crippen molar-refractivity contribution in [1.29, 1.82) is 0 Å². The van der Waals surface area contributed by atoms with Gasteiger partial charge in [0, 0.05) is 13.2 Å². The minimum atomic E-state index is -4.47. The van der Waals surface area contributed by atoms with E-state index in [-0.39, 0.29) is 18.2 Å². The van der Waals surface area contributed by atoms with Crippen LogP contribution in [0.15, 0.2) is 46.4 Å². The lowest BCUT2D eigenvalue weighted by Gasteiger charge is -2.14. The van der Waals surface area contributed by atoms with Crippen molar-refractivity contribution in [3.05, 3.63) is 47.4 Å². The van der Waals surface area contributed by atoms with Crippen molar-refractivity contribution < 1.29 is 18.3 Å². The van der Waals surface area contributed by atoms with Gasteiger partial charge in [-0.3, -0.25) is 4.40 Å². The Morgan fingerprint density at radius 2 is 2.11 bits per heavy atom. The molecule has 0 fully saturated rings. The molecule has 2 N–H and O–H groups in total. The first-order valence-corrected chi connectivity index (χ1v) is 8.70. The van der Waals surface area contributed by atoms with Crippen LogP contribution >= 0.6 is 0 Å². The van der Waals surface area contributed by atoms with Crippen LogP contribution in [0.4, 0.5) is 19.0 Å². The highest BCUT2D eigenvalue weighted by molar-refractivity contribution is 5.84. The van der Waals surface area contributed by atoms with E-state index in [1.54, 1.807) is 16.8 Å². The van der Waals surface area contributed by atoms with Gasteiger partial charge in [-0.05, 0) is 37.1 Å². The van der Waals surface area contributed by atoms with Crippen molar-refractivity contribution in [2.75, 3.05) is 18.5 Å². The predicted octanol–water partition coefficient (Wildman–Crippen LogP) is 4.11. The topological polar surface area (TPSA) is 87.2 Å². The molecule has 7 nitrogen and oxygen atoms in total. The Labute approximate surface area is 157 Å². The summed E-state index contributed by atoms with van der Waals surface area (Å²) >= 11 is 0. The minimum absolute atomic E-state index is 0.0127. The fourth-order valence-corrected chi connectivity index (χ4v) is 3.18. The molecular formula is C18H17F3N6O. The summed E-state index contributed by atoms with van der Waals surface area (Å²) in [5, 5.41) is 20.2. The normalized spacial score (nSPS) is 16.9. The summed E-state index contributed by atoms with van der Waals surface area (Å²) in [5.41, 5.74) is 2.00. The Morgan fingerprint density at radius 3 is 2.79 bits per heavy atom. The maximum absolute atomic E-state index is 13.2. The zero-order valence-corrected chi connectivity index (χ0v) is 14.9. The molecule has 0 bridgehead atoms. The first-order valence-electron chi connectivity index (χ1n) is 8.70. The zero-order chi connectivity index (χ0) is 19.9. The maximum atomic E-state index is 13.2. The average molecular weight is 390 g/mol. The van der Waals surface area contributed by atoms with Gasteiger partial charge in [0.1, 0.15) is 6.04 Å². The van der Waals surface area contributed by atoms with Crippen LogP contribution < -0.4 is 5.32 Å². The van der Waals surface area contributed by atoms with Crippen LogP contribution in [0.2, 0.25) is 0 Å². The molecule has 0 amide bonds. The van der Waals surface area contributed by atoms with Crippen molar-refractivity contribution in [1.82, 2.24) is 14.4 Å². The standard InChI is InChI=1S/C18H17F3N6O/c1-10-8-24-26-15(10)14-9-23-17-16(22-5-2-6-28)25-12-7-11(18(19,20)21)3-4-13(12)27(14)17/h3-4,7-9,15,28H,2,5-6H2,1H3,(H,22,25). The molecule has 146 valence electrons. The molecule has 0 saturated heterocycles. The SMILES string of the molecule is CC1=CN=NC1c1cnc2c(NCCCO)nc3cc(C(F)(F)F)ccc3n12. The van der Waals surface area contributed by atoms with Gasteiger partial charge in [-0.1, -0.05) is 0 Å². The molecule has 1 aliphatic rings. The van der Waals surface area contributed by atoms with E-state index in [1.165, 1.54) is 6.07 Å². The smallest absolute Gasteiger partial charge is 0.396 e. The Hall–Kier alpha value is -3.01. The number of hydrogen-bond acceptors (Lipinski definition) is 6. The Balaban J connectivity index is 1.95. The summed E-state index contributed by atoms with van der Waals surface area (Å²) in [6, 6.07) is 3.10.